The zero-order valence-electron chi connectivity index (χ0n) is 10.8. The Balaban J connectivity index is 0.00000256. The van der Waals surface area contributed by atoms with E-state index >= 15 is 0 Å². The minimum absolute atomic E-state index is 0. The monoisotopic (exact) mass is 349 g/mol. The van der Waals surface area contributed by atoms with Crippen molar-refractivity contribution in [1.29, 1.82) is 0 Å². The molecule has 0 fully saturated rings. The smallest absolute Gasteiger partial charge is 0.191 e. The standard InChI is InChI=1S/C13H23N3.HI/c1-3-5-8-11-15-13(14-4-2)16-12-9-6-7-10-12;/h3,5-7,12H,4,8-11H2,1-2H3,(H2,14,15,16);1H/b5-3+;. The molecule has 3 nitrogen and oxygen atoms in total. The van der Waals surface area contributed by atoms with Gasteiger partial charge in [0.15, 0.2) is 5.96 Å². The summed E-state index contributed by atoms with van der Waals surface area (Å²) < 4.78 is 0. The molecule has 1 aliphatic rings. The second kappa shape index (κ2) is 10.6. The van der Waals surface area contributed by atoms with E-state index < -0.39 is 0 Å². The van der Waals surface area contributed by atoms with Gasteiger partial charge in [-0.2, -0.15) is 0 Å². The van der Waals surface area contributed by atoms with E-state index in [9.17, 15) is 0 Å². The van der Waals surface area contributed by atoms with Gasteiger partial charge < -0.3 is 10.6 Å². The average Bonchev–Trinajstić information content (AvgIpc) is 2.77. The van der Waals surface area contributed by atoms with Crippen LogP contribution in [0.4, 0.5) is 0 Å². The molecular weight excluding hydrogens is 325 g/mol. The Kier molecular flexibility index (Phi) is 10.3. The first-order valence-corrected chi connectivity index (χ1v) is 6.17. The summed E-state index contributed by atoms with van der Waals surface area (Å²) in [5.74, 6) is 0.945. The lowest BCUT2D eigenvalue weighted by Crippen LogP contribution is -2.42. The van der Waals surface area contributed by atoms with Gasteiger partial charge in [-0.25, -0.2) is 0 Å². The topological polar surface area (TPSA) is 36.4 Å². The summed E-state index contributed by atoms with van der Waals surface area (Å²) in [4.78, 5) is 4.53. The van der Waals surface area contributed by atoms with Crippen molar-refractivity contribution in [2.75, 3.05) is 13.1 Å². The van der Waals surface area contributed by atoms with Crippen LogP contribution in [0.15, 0.2) is 29.3 Å². The third-order valence-corrected chi connectivity index (χ3v) is 2.49. The molecule has 0 aromatic heterocycles. The van der Waals surface area contributed by atoms with Crippen LogP contribution in [0.2, 0.25) is 0 Å². The molecule has 98 valence electrons. The number of hydrogen-bond donors (Lipinski definition) is 2. The van der Waals surface area contributed by atoms with Gasteiger partial charge in [0.25, 0.3) is 0 Å². The average molecular weight is 349 g/mol. The number of nitrogens with one attached hydrogen (secondary N) is 2. The molecule has 0 heterocycles. The minimum Gasteiger partial charge on any atom is -0.357 e. The number of hydrogen-bond acceptors (Lipinski definition) is 1. The Morgan fingerprint density at radius 3 is 2.71 bits per heavy atom. The fourth-order valence-electron chi connectivity index (χ4n) is 1.67. The second-order valence-corrected chi connectivity index (χ2v) is 3.90. The van der Waals surface area contributed by atoms with E-state index in [2.05, 4.69) is 46.9 Å². The van der Waals surface area contributed by atoms with Gasteiger partial charge in [0.2, 0.25) is 0 Å². The quantitative estimate of drug-likeness (QED) is 0.263. The van der Waals surface area contributed by atoms with Crippen LogP contribution in [0.1, 0.15) is 33.1 Å². The summed E-state index contributed by atoms with van der Waals surface area (Å²) in [6.45, 7) is 5.89. The molecule has 0 saturated carbocycles. The Bertz CT molecular complexity index is 264. The number of allylic oxidation sites excluding steroid dienone is 1. The van der Waals surface area contributed by atoms with E-state index in [4.69, 9.17) is 0 Å². The number of aliphatic imine (C=N–C) groups is 1. The first-order valence-electron chi connectivity index (χ1n) is 6.17. The SMILES string of the molecule is C/C=C/CCN=C(NCC)NC1CC=CC1.I. The highest BCUT2D eigenvalue weighted by atomic mass is 127. The van der Waals surface area contributed by atoms with Gasteiger partial charge in [0, 0.05) is 19.1 Å². The number of halogens is 1. The molecule has 1 rings (SSSR count). The Labute approximate surface area is 122 Å². The van der Waals surface area contributed by atoms with Crippen LogP contribution in [-0.2, 0) is 0 Å². The van der Waals surface area contributed by atoms with E-state index in [0.29, 0.717) is 6.04 Å². The maximum Gasteiger partial charge on any atom is 0.191 e. The van der Waals surface area contributed by atoms with E-state index in [0.717, 1.165) is 38.3 Å². The van der Waals surface area contributed by atoms with Crippen molar-refractivity contribution in [1.82, 2.24) is 10.6 Å². The highest BCUT2D eigenvalue weighted by Crippen LogP contribution is 2.08. The van der Waals surface area contributed by atoms with Crippen molar-refractivity contribution in [2.24, 2.45) is 4.99 Å². The molecule has 2 N–H and O–H groups in total. The van der Waals surface area contributed by atoms with Crippen molar-refractivity contribution in [3.8, 4) is 0 Å². The van der Waals surface area contributed by atoms with Crippen molar-refractivity contribution in [3.63, 3.8) is 0 Å². The Morgan fingerprint density at radius 1 is 1.41 bits per heavy atom. The summed E-state index contributed by atoms with van der Waals surface area (Å²) in [6, 6.07) is 0.527. The summed E-state index contributed by atoms with van der Waals surface area (Å²) >= 11 is 0. The molecule has 4 heteroatoms. The molecule has 0 radical (unpaired) electrons. The fourth-order valence-corrected chi connectivity index (χ4v) is 1.67. The molecule has 1 aliphatic carbocycles. The van der Waals surface area contributed by atoms with Crippen LogP contribution in [0.5, 0.6) is 0 Å². The highest BCUT2D eigenvalue weighted by Gasteiger charge is 2.10. The Hall–Kier alpha value is -0.520. The molecule has 0 aromatic carbocycles. The number of guanidine groups is 1. The third kappa shape index (κ3) is 7.41. The molecule has 0 aliphatic heterocycles. The normalized spacial score (nSPS) is 16.2. The largest absolute Gasteiger partial charge is 0.357 e. The van der Waals surface area contributed by atoms with E-state index in [1.807, 2.05) is 6.92 Å². The molecule has 0 unspecified atom stereocenters. The summed E-state index contributed by atoms with van der Waals surface area (Å²) in [7, 11) is 0. The second-order valence-electron chi connectivity index (χ2n) is 3.90. The fraction of sp³-hybridized carbons (Fsp3) is 0.615. The highest BCUT2D eigenvalue weighted by molar-refractivity contribution is 14.0. The molecule has 17 heavy (non-hydrogen) atoms. The molecule has 0 atom stereocenters. The lowest BCUT2D eigenvalue weighted by molar-refractivity contribution is 0.633. The van der Waals surface area contributed by atoms with E-state index in [1.54, 1.807) is 0 Å². The van der Waals surface area contributed by atoms with Gasteiger partial charge in [0.1, 0.15) is 0 Å². The number of nitrogens with zero attached hydrogens (tertiary/aromatic N) is 1. The molecule has 0 aromatic rings. The third-order valence-electron chi connectivity index (χ3n) is 2.49. The Morgan fingerprint density at radius 2 is 2.12 bits per heavy atom. The van der Waals surface area contributed by atoms with Crippen LogP contribution in [0.25, 0.3) is 0 Å². The van der Waals surface area contributed by atoms with E-state index in [1.165, 1.54) is 0 Å². The zero-order chi connectivity index (χ0) is 11.6. The predicted octanol–water partition coefficient (Wildman–Crippen LogP) is 2.84. The van der Waals surface area contributed by atoms with Gasteiger partial charge in [0.05, 0.1) is 0 Å². The maximum atomic E-state index is 4.53. The van der Waals surface area contributed by atoms with Crippen LogP contribution < -0.4 is 10.6 Å². The molecule has 0 bridgehead atoms. The molecule has 0 spiro atoms. The van der Waals surface area contributed by atoms with Crippen LogP contribution >= 0.6 is 24.0 Å². The first kappa shape index (κ1) is 16.5. The van der Waals surface area contributed by atoms with Gasteiger partial charge in [-0.3, -0.25) is 4.99 Å². The van der Waals surface area contributed by atoms with Crippen molar-refractivity contribution >= 4 is 29.9 Å². The van der Waals surface area contributed by atoms with Gasteiger partial charge in [-0.1, -0.05) is 24.3 Å². The van der Waals surface area contributed by atoms with Crippen molar-refractivity contribution in [2.45, 2.75) is 39.2 Å². The zero-order valence-corrected chi connectivity index (χ0v) is 13.1. The van der Waals surface area contributed by atoms with E-state index in [-0.39, 0.29) is 24.0 Å². The lowest BCUT2D eigenvalue weighted by Gasteiger charge is -2.16. The summed E-state index contributed by atoms with van der Waals surface area (Å²) in [6.07, 6.45) is 11.9. The van der Waals surface area contributed by atoms with Gasteiger partial charge >= 0.3 is 0 Å². The molecule has 0 saturated heterocycles. The summed E-state index contributed by atoms with van der Waals surface area (Å²) in [5.41, 5.74) is 0. The van der Waals surface area contributed by atoms with Crippen LogP contribution in [0, 0.1) is 0 Å². The summed E-state index contributed by atoms with van der Waals surface area (Å²) in [5, 5.41) is 6.72. The van der Waals surface area contributed by atoms with Gasteiger partial charge in [-0.15, -0.1) is 24.0 Å². The van der Waals surface area contributed by atoms with Gasteiger partial charge in [-0.05, 0) is 33.1 Å². The van der Waals surface area contributed by atoms with Crippen molar-refractivity contribution < 1.29 is 0 Å². The molecular formula is C13H24IN3. The minimum atomic E-state index is 0. The van der Waals surface area contributed by atoms with Crippen LogP contribution in [-0.4, -0.2) is 25.1 Å². The lowest BCUT2D eigenvalue weighted by atomic mass is 10.2. The van der Waals surface area contributed by atoms with Crippen molar-refractivity contribution in [3.05, 3.63) is 24.3 Å². The number of rotatable bonds is 5. The first-order chi connectivity index (χ1) is 7.86. The molecule has 0 amide bonds. The maximum absolute atomic E-state index is 4.53. The van der Waals surface area contributed by atoms with Crippen LogP contribution in [0.3, 0.4) is 0 Å². The predicted molar refractivity (Wildman–Crippen MR) is 86.1 cm³/mol.